The summed E-state index contributed by atoms with van der Waals surface area (Å²) in [6.45, 7) is 1.62. The summed E-state index contributed by atoms with van der Waals surface area (Å²) in [6.07, 6.45) is 6.76. The van der Waals surface area contributed by atoms with Gasteiger partial charge in [-0.2, -0.15) is 5.10 Å². The Labute approximate surface area is 190 Å². The van der Waals surface area contributed by atoms with Crippen LogP contribution in [0.15, 0.2) is 48.9 Å². The molecule has 10 heteroatoms. The summed E-state index contributed by atoms with van der Waals surface area (Å²) >= 11 is 0. The molecule has 1 saturated heterocycles. The van der Waals surface area contributed by atoms with Gasteiger partial charge in [0.25, 0.3) is 5.91 Å². The lowest BCUT2D eigenvalue weighted by atomic mass is 10.1. The second kappa shape index (κ2) is 8.47. The van der Waals surface area contributed by atoms with Gasteiger partial charge in [-0.15, -0.1) is 0 Å². The molecule has 0 atom stereocenters. The number of amides is 1. The van der Waals surface area contributed by atoms with Gasteiger partial charge in [0.1, 0.15) is 0 Å². The van der Waals surface area contributed by atoms with Crippen LogP contribution >= 0.6 is 0 Å². The first-order chi connectivity index (χ1) is 16.0. The minimum Gasteiger partial charge on any atom is -0.382 e. The third-order valence-electron chi connectivity index (χ3n) is 5.98. The number of nitrogens with two attached hydrogens (primary N) is 2. The third-order valence-corrected chi connectivity index (χ3v) is 5.98. The van der Waals surface area contributed by atoms with Crippen LogP contribution in [0.1, 0.15) is 23.3 Å². The van der Waals surface area contributed by atoms with Crippen LogP contribution in [-0.4, -0.2) is 49.8 Å². The van der Waals surface area contributed by atoms with Crippen LogP contribution in [0.3, 0.4) is 0 Å². The number of aryl methyl sites for hydroxylation is 1. The van der Waals surface area contributed by atoms with E-state index in [1.807, 2.05) is 37.4 Å². The highest BCUT2D eigenvalue weighted by Gasteiger charge is 2.22. The van der Waals surface area contributed by atoms with Crippen molar-refractivity contribution >= 4 is 34.1 Å². The van der Waals surface area contributed by atoms with E-state index in [9.17, 15) is 4.79 Å². The number of nitrogens with one attached hydrogen (secondary N) is 1. The molecule has 0 saturated carbocycles. The zero-order valence-electron chi connectivity index (χ0n) is 18.3. The number of anilines is 3. The zero-order valence-corrected chi connectivity index (χ0v) is 18.3. The standard InChI is InChI=1S/C23H25N9O/c1-31-18-5-2-4-15(16(18)12-28-31)17-13-27-21(25)20(29-17)23(33)30-22-19(6-3-9-26-22)32-10-7-14(24)8-11-32/h2-6,9,12-14H,7-8,10-11,24H2,1H3,(H2,25,27)(H,26,30,33). The smallest absolute Gasteiger partial charge is 0.279 e. The molecule has 4 aromatic rings. The largest absolute Gasteiger partial charge is 0.382 e. The Bertz CT molecular complexity index is 1320. The number of pyridine rings is 1. The Kier molecular flexibility index (Phi) is 5.35. The van der Waals surface area contributed by atoms with Gasteiger partial charge in [-0.3, -0.25) is 9.48 Å². The fourth-order valence-corrected chi connectivity index (χ4v) is 4.15. The summed E-state index contributed by atoms with van der Waals surface area (Å²) in [4.78, 5) is 28.5. The molecule has 5 rings (SSSR count). The molecule has 0 aliphatic carbocycles. The monoisotopic (exact) mass is 443 g/mol. The maximum absolute atomic E-state index is 13.2. The number of nitrogen functional groups attached to an aromatic ring is 1. The first-order valence-corrected chi connectivity index (χ1v) is 10.8. The molecular formula is C23H25N9O. The third kappa shape index (κ3) is 3.96. The average Bonchev–Trinajstić information content (AvgIpc) is 3.21. The van der Waals surface area contributed by atoms with Crippen molar-refractivity contribution in [3.8, 4) is 11.3 Å². The maximum atomic E-state index is 13.2. The van der Waals surface area contributed by atoms with Gasteiger partial charge in [0.2, 0.25) is 0 Å². The van der Waals surface area contributed by atoms with Crippen LogP contribution in [0.2, 0.25) is 0 Å². The number of piperidine rings is 1. The topological polar surface area (TPSA) is 141 Å². The van der Waals surface area contributed by atoms with Gasteiger partial charge in [-0.05, 0) is 31.0 Å². The molecule has 0 unspecified atom stereocenters. The molecule has 33 heavy (non-hydrogen) atoms. The van der Waals surface area contributed by atoms with Crippen molar-refractivity contribution in [1.82, 2.24) is 24.7 Å². The van der Waals surface area contributed by atoms with E-state index in [4.69, 9.17) is 11.5 Å². The van der Waals surface area contributed by atoms with E-state index in [0.717, 1.165) is 48.1 Å². The lowest BCUT2D eigenvalue weighted by Crippen LogP contribution is -2.40. The van der Waals surface area contributed by atoms with Crippen molar-refractivity contribution in [1.29, 1.82) is 0 Å². The Morgan fingerprint density at radius 3 is 2.76 bits per heavy atom. The predicted molar refractivity (Wildman–Crippen MR) is 128 cm³/mol. The second-order valence-electron chi connectivity index (χ2n) is 8.15. The van der Waals surface area contributed by atoms with Crippen molar-refractivity contribution in [2.24, 2.45) is 12.8 Å². The number of aromatic nitrogens is 5. The Morgan fingerprint density at radius 1 is 1.12 bits per heavy atom. The number of carbonyl (C=O) groups excluding carboxylic acids is 1. The van der Waals surface area contributed by atoms with Crippen molar-refractivity contribution in [3.05, 3.63) is 54.6 Å². The summed E-state index contributed by atoms with van der Waals surface area (Å²) in [6, 6.07) is 9.81. The molecule has 1 amide bonds. The van der Waals surface area contributed by atoms with Crippen LogP contribution < -0.4 is 21.7 Å². The molecule has 4 heterocycles. The molecule has 10 nitrogen and oxygen atoms in total. The number of hydrogen-bond donors (Lipinski definition) is 3. The molecule has 1 aliphatic heterocycles. The number of rotatable bonds is 4. The number of fused-ring (bicyclic) bond motifs is 1. The molecule has 0 spiro atoms. The molecule has 1 aromatic carbocycles. The van der Waals surface area contributed by atoms with E-state index in [2.05, 4.69) is 30.3 Å². The summed E-state index contributed by atoms with van der Waals surface area (Å²) in [5.41, 5.74) is 15.3. The summed E-state index contributed by atoms with van der Waals surface area (Å²) in [5, 5.41) is 8.11. The lowest BCUT2D eigenvalue weighted by molar-refractivity contribution is 0.102. The van der Waals surface area contributed by atoms with Crippen molar-refractivity contribution < 1.29 is 4.79 Å². The van der Waals surface area contributed by atoms with E-state index in [1.54, 1.807) is 23.3 Å². The fourth-order valence-electron chi connectivity index (χ4n) is 4.15. The molecule has 168 valence electrons. The second-order valence-corrected chi connectivity index (χ2v) is 8.15. The maximum Gasteiger partial charge on any atom is 0.279 e. The number of benzene rings is 1. The highest BCUT2D eigenvalue weighted by atomic mass is 16.2. The first kappa shape index (κ1) is 20.8. The van der Waals surface area contributed by atoms with Gasteiger partial charge in [0.05, 0.1) is 29.3 Å². The van der Waals surface area contributed by atoms with Crippen molar-refractivity contribution in [3.63, 3.8) is 0 Å². The van der Waals surface area contributed by atoms with E-state index in [1.165, 1.54) is 0 Å². The fraction of sp³-hybridized carbons (Fsp3) is 0.261. The van der Waals surface area contributed by atoms with E-state index in [0.29, 0.717) is 11.5 Å². The van der Waals surface area contributed by atoms with Crippen LogP contribution in [0.25, 0.3) is 22.2 Å². The lowest BCUT2D eigenvalue weighted by Gasteiger charge is -2.32. The Morgan fingerprint density at radius 2 is 1.94 bits per heavy atom. The molecule has 0 radical (unpaired) electrons. The highest BCUT2D eigenvalue weighted by molar-refractivity contribution is 6.07. The normalized spacial score (nSPS) is 14.5. The van der Waals surface area contributed by atoms with Gasteiger partial charge in [0.15, 0.2) is 17.3 Å². The minimum atomic E-state index is -0.464. The van der Waals surface area contributed by atoms with E-state index >= 15 is 0 Å². The highest BCUT2D eigenvalue weighted by Crippen LogP contribution is 2.29. The molecule has 1 aliphatic rings. The molecule has 0 bridgehead atoms. The number of hydrogen-bond acceptors (Lipinski definition) is 8. The zero-order chi connectivity index (χ0) is 22.9. The quantitative estimate of drug-likeness (QED) is 0.436. The Hall–Kier alpha value is -4.05. The predicted octanol–water partition coefficient (Wildman–Crippen LogP) is 2.19. The van der Waals surface area contributed by atoms with Crippen LogP contribution in [0, 0.1) is 0 Å². The Balaban J connectivity index is 1.46. The SMILES string of the molecule is Cn1ncc2c(-c3cnc(N)c(C(=O)Nc4ncccc4N4CCC(N)CC4)n3)cccc21. The van der Waals surface area contributed by atoms with Gasteiger partial charge >= 0.3 is 0 Å². The number of nitrogens with zero attached hydrogens (tertiary/aromatic N) is 6. The first-order valence-electron chi connectivity index (χ1n) is 10.8. The van der Waals surface area contributed by atoms with E-state index in [-0.39, 0.29) is 17.6 Å². The van der Waals surface area contributed by atoms with Gasteiger partial charge in [0, 0.05) is 43.3 Å². The van der Waals surface area contributed by atoms with Crippen LogP contribution in [0.5, 0.6) is 0 Å². The van der Waals surface area contributed by atoms with Gasteiger partial charge < -0.3 is 21.7 Å². The molecule has 1 fully saturated rings. The average molecular weight is 444 g/mol. The van der Waals surface area contributed by atoms with Crippen LogP contribution in [0.4, 0.5) is 17.3 Å². The molecular weight excluding hydrogens is 418 g/mol. The summed E-state index contributed by atoms with van der Waals surface area (Å²) in [7, 11) is 1.88. The van der Waals surface area contributed by atoms with Gasteiger partial charge in [-0.25, -0.2) is 15.0 Å². The summed E-state index contributed by atoms with van der Waals surface area (Å²) in [5.74, 6) is 0.0452. The minimum absolute atomic E-state index is 0.0469. The van der Waals surface area contributed by atoms with Crippen molar-refractivity contribution in [2.75, 3.05) is 29.0 Å². The van der Waals surface area contributed by atoms with Crippen molar-refractivity contribution in [2.45, 2.75) is 18.9 Å². The van der Waals surface area contributed by atoms with Gasteiger partial charge in [-0.1, -0.05) is 12.1 Å². The van der Waals surface area contributed by atoms with E-state index < -0.39 is 5.91 Å². The number of carbonyl (C=O) groups is 1. The molecule has 5 N–H and O–H groups in total. The van der Waals surface area contributed by atoms with Crippen LogP contribution in [-0.2, 0) is 7.05 Å². The summed E-state index contributed by atoms with van der Waals surface area (Å²) < 4.78 is 1.78. The molecule has 3 aromatic heterocycles.